The van der Waals surface area contributed by atoms with Crippen LogP contribution >= 0.6 is 0 Å². The van der Waals surface area contributed by atoms with Gasteiger partial charge in [-0.1, -0.05) is 0 Å². The molecular formula is C7H11N3O. The lowest BCUT2D eigenvalue weighted by molar-refractivity contribution is 0.691. The molecule has 0 unspecified atom stereocenters. The quantitative estimate of drug-likeness (QED) is 0.610. The Morgan fingerprint density at radius 2 is 2.45 bits per heavy atom. The van der Waals surface area contributed by atoms with Crippen LogP contribution in [0.2, 0.25) is 0 Å². The van der Waals surface area contributed by atoms with E-state index in [1.807, 2.05) is 0 Å². The molecule has 1 heterocycles. The molecule has 11 heavy (non-hydrogen) atoms. The van der Waals surface area contributed by atoms with E-state index in [-0.39, 0.29) is 5.56 Å². The summed E-state index contributed by atoms with van der Waals surface area (Å²) in [6.07, 6.45) is 2.22. The second-order valence-electron chi connectivity index (χ2n) is 2.32. The maximum absolute atomic E-state index is 11.2. The van der Waals surface area contributed by atoms with E-state index in [4.69, 9.17) is 5.73 Å². The predicted molar refractivity (Wildman–Crippen MR) is 42.2 cm³/mol. The summed E-state index contributed by atoms with van der Waals surface area (Å²) < 4.78 is 1.31. The molecule has 0 fully saturated rings. The van der Waals surface area contributed by atoms with E-state index in [1.54, 1.807) is 19.3 Å². The van der Waals surface area contributed by atoms with Crippen molar-refractivity contribution in [3.8, 4) is 0 Å². The van der Waals surface area contributed by atoms with E-state index < -0.39 is 0 Å². The van der Waals surface area contributed by atoms with Crippen molar-refractivity contribution >= 4 is 0 Å². The molecule has 0 amide bonds. The van der Waals surface area contributed by atoms with Gasteiger partial charge in [0, 0.05) is 18.8 Å². The molecule has 0 aliphatic carbocycles. The van der Waals surface area contributed by atoms with E-state index in [1.165, 1.54) is 4.68 Å². The third-order valence-electron chi connectivity index (χ3n) is 1.50. The van der Waals surface area contributed by atoms with Crippen molar-refractivity contribution in [2.24, 2.45) is 12.8 Å². The van der Waals surface area contributed by atoms with Gasteiger partial charge in [0.05, 0.1) is 0 Å². The number of nitrogens with two attached hydrogens (primary N) is 1. The van der Waals surface area contributed by atoms with E-state index >= 15 is 0 Å². The third kappa shape index (κ3) is 1.65. The molecule has 0 atom stereocenters. The number of aromatic nitrogens is 2. The first-order valence-electron chi connectivity index (χ1n) is 3.47. The molecule has 60 valence electrons. The Kier molecular flexibility index (Phi) is 2.38. The Balaban J connectivity index is 3.07. The lowest BCUT2D eigenvalue weighted by Gasteiger charge is -1.98. The molecule has 0 spiro atoms. The minimum atomic E-state index is -0.0575. The van der Waals surface area contributed by atoms with Gasteiger partial charge in [-0.05, 0) is 19.0 Å². The molecule has 0 radical (unpaired) electrons. The van der Waals surface area contributed by atoms with Crippen molar-refractivity contribution < 1.29 is 0 Å². The van der Waals surface area contributed by atoms with Crippen LogP contribution in [0.15, 0.2) is 17.1 Å². The minimum Gasteiger partial charge on any atom is -0.330 e. The Labute approximate surface area is 64.6 Å². The van der Waals surface area contributed by atoms with Gasteiger partial charge in [0.15, 0.2) is 0 Å². The zero-order valence-electron chi connectivity index (χ0n) is 6.45. The average Bonchev–Trinajstić information content (AvgIpc) is 1.99. The van der Waals surface area contributed by atoms with Crippen LogP contribution in [0.25, 0.3) is 0 Å². The highest BCUT2D eigenvalue weighted by Crippen LogP contribution is 1.87. The molecule has 1 rings (SSSR count). The number of rotatable bonds is 2. The summed E-state index contributed by atoms with van der Waals surface area (Å²) in [6.45, 7) is 0.499. The maximum atomic E-state index is 11.2. The predicted octanol–water partition coefficient (Wildman–Crippen LogP) is -0.718. The smallest absolute Gasteiger partial charge is 0.269 e. The highest BCUT2D eigenvalue weighted by molar-refractivity contribution is 5.06. The van der Waals surface area contributed by atoms with Crippen molar-refractivity contribution in [1.29, 1.82) is 0 Å². The first kappa shape index (κ1) is 7.94. The molecule has 0 bridgehead atoms. The fourth-order valence-corrected chi connectivity index (χ4v) is 0.901. The highest BCUT2D eigenvalue weighted by Gasteiger charge is 1.98. The van der Waals surface area contributed by atoms with E-state index in [2.05, 4.69) is 5.10 Å². The van der Waals surface area contributed by atoms with Crippen LogP contribution in [0.4, 0.5) is 0 Å². The SMILES string of the molecule is Cn1nccc(CCN)c1=O. The Bertz CT molecular complexity index is 292. The van der Waals surface area contributed by atoms with Crippen molar-refractivity contribution in [2.45, 2.75) is 6.42 Å². The molecule has 0 aliphatic rings. The molecule has 1 aromatic rings. The van der Waals surface area contributed by atoms with Crippen LogP contribution in [-0.2, 0) is 13.5 Å². The molecule has 0 saturated carbocycles. The van der Waals surface area contributed by atoms with E-state index in [0.29, 0.717) is 13.0 Å². The molecule has 0 saturated heterocycles. The average molecular weight is 153 g/mol. The second-order valence-corrected chi connectivity index (χ2v) is 2.32. The van der Waals surface area contributed by atoms with Crippen LogP contribution in [0.3, 0.4) is 0 Å². The fraction of sp³-hybridized carbons (Fsp3) is 0.429. The van der Waals surface area contributed by atoms with Gasteiger partial charge < -0.3 is 5.73 Å². The topological polar surface area (TPSA) is 60.9 Å². The van der Waals surface area contributed by atoms with Gasteiger partial charge in [0.1, 0.15) is 0 Å². The third-order valence-corrected chi connectivity index (χ3v) is 1.50. The molecule has 4 nitrogen and oxygen atoms in total. The van der Waals surface area contributed by atoms with Crippen LogP contribution in [0.5, 0.6) is 0 Å². The molecule has 0 aromatic carbocycles. The van der Waals surface area contributed by atoms with Gasteiger partial charge in [-0.3, -0.25) is 4.79 Å². The summed E-state index contributed by atoms with van der Waals surface area (Å²) in [4.78, 5) is 11.2. The molecule has 4 heteroatoms. The fourth-order valence-electron chi connectivity index (χ4n) is 0.901. The highest BCUT2D eigenvalue weighted by atomic mass is 16.1. The van der Waals surface area contributed by atoms with Gasteiger partial charge >= 0.3 is 0 Å². The van der Waals surface area contributed by atoms with Crippen LogP contribution in [0, 0.1) is 0 Å². The monoisotopic (exact) mass is 153 g/mol. The van der Waals surface area contributed by atoms with Crippen molar-refractivity contribution in [3.63, 3.8) is 0 Å². The standard InChI is InChI=1S/C7H11N3O/c1-10-7(11)6(2-4-8)3-5-9-10/h3,5H,2,4,8H2,1H3. The largest absolute Gasteiger partial charge is 0.330 e. The minimum absolute atomic E-state index is 0.0575. The first-order valence-corrected chi connectivity index (χ1v) is 3.47. The number of hydrogen-bond acceptors (Lipinski definition) is 3. The van der Waals surface area contributed by atoms with Crippen molar-refractivity contribution in [3.05, 3.63) is 28.2 Å². The zero-order valence-corrected chi connectivity index (χ0v) is 6.45. The molecule has 2 N–H and O–H groups in total. The van der Waals surface area contributed by atoms with Crippen molar-refractivity contribution in [2.75, 3.05) is 6.54 Å². The summed E-state index contributed by atoms with van der Waals surface area (Å²) >= 11 is 0. The summed E-state index contributed by atoms with van der Waals surface area (Å²) in [6, 6.07) is 1.70. The second kappa shape index (κ2) is 3.30. The first-order chi connectivity index (χ1) is 5.25. The van der Waals surface area contributed by atoms with E-state index in [9.17, 15) is 4.79 Å². The Morgan fingerprint density at radius 3 is 3.09 bits per heavy atom. The number of hydrogen-bond donors (Lipinski definition) is 1. The zero-order chi connectivity index (χ0) is 8.27. The van der Waals surface area contributed by atoms with E-state index in [0.717, 1.165) is 5.56 Å². The Morgan fingerprint density at radius 1 is 1.73 bits per heavy atom. The van der Waals surface area contributed by atoms with Gasteiger partial charge in [0.2, 0.25) is 0 Å². The van der Waals surface area contributed by atoms with Gasteiger partial charge in [-0.15, -0.1) is 0 Å². The maximum Gasteiger partial charge on any atom is 0.269 e. The lowest BCUT2D eigenvalue weighted by atomic mass is 10.2. The molecule has 1 aromatic heterocycles. The van der Waals surface area contributed by atoms with Gasteiger partial charge in [0.25, 0.3) is 5.56 Å². The molecule has 0 aliphatic heterocycles. The van der Waals surface area contributed by atoms with Crippen LogP contribution < -0.4 is 11.3 Å². The van der Waals surface area contributed by atoms with Crippen LogP contribution in [0.1, 0.15) is 5.56 Å². The Hall–Kier alpha value is -1.16. The summed E-state index contributed by atoms with van der Waals surface area (Å²) in [5, 5.41) is 3.78. The van der Waals surface area contributed by atoms with Gasteiger partial charge in [-0.25, -0.2) is 4.68 Å². The summed E-state index contributed by atoms with van der Waals surface area (Å²) in [7, 11) is 1.63. The van der Waals surface area contributed by atoms with Crippen molar-refractivity contribution in [1.82, 2.24) is 9.78 Å². The normalized spacial score (nSPS) is 10.0. The summed E-state index contributed by atoms with van der Waals surface area (Å²) in [5.41, 5.74) is 5.98. The molecular weight excluding hydrogens is 142 g/mol. The number of nitrogens with zero attached hydrogens (tertiary/aromatic N) is 2. The lowest BCUT2D eigenvalue weighted by Crippen LogP contribution is -2.24. The van der Waals surface area contributed by atoms with Crippen LogP contribution in [-0.4, -0.2) is 16.3 Å². The van der Waals surface area contributed by atoms with Gasteiger partial charge in [-0.2, -0.15) is 5.10 Å². The number of aryl methyl sites for hydroxylation is 1. The summed E-state index contributed by atoms with van der Waals surface area (Å²) in [5.74, 6) is 0.